The fourth-order valence-corrected chi connectivity index (χ4v) is 4.02. The molecule has 0 spiro atoms. The van der Waals surface area contributed by atoms with Crippen LogP contribution in [0.25, 0.3) is 0 Å². The van der Waals surface area contributed by atoms with E-state index in [1.807, 2.05) is 32.9 Å². The van der Waals surface area contributed by atoms with Crippen LogP contribution in [0.5, 0.6) is 0 Å². The van der Waals surface area contributed by atoms with Gasteiger partial charge in [0.05, 0.1) is 4.92 Å². The molecule has 0 aromatic heterocycles. The lowest BCUT2D eigenvalue weighted by atomic mass is 9.84. The van der Waals surface area contributed by atoms with Gasteiger partial charge in [0.15, 0.2) is 0 Å². The van der Waals surface area contributed by atoms with Crippen molar-refractivity contribution in [3.05, 3.63) is 39.4 Å². The first kappa shape index (κ1) is 20.6. The number of Topliss-reactive ketones (excluding diaryl/α,β-unsaturated/α-hetero) is 1. The topological polar surface area (TPSA) is 60.2 Å². The molecule has 0 aliphatic heterocycles. The van der Waals surface area contributed by atoms with E-state index in [0.717, 1.165) is 24.3 Å². The van der Waals surface area contributed by atoms with Crippen LogP contribution in [0, 0.1) is 16.0 Å². The van der Waals surface area contributed by atoms with Crippen LogP contribution < -0.4 is 0 Å². The summed E-state index contributed by atoms with van der Waals surface area (Å²) in [5.41, 5.74) is 1.30. The molecular weight excluding hydrogens is 326 g/mol. The van der Waals surface area contributed by atoms with Crippen molar-refractivity contribution in [1.29, 1.82) is 0 Å². The number of nitro benzene ring substituents is 1. The third-order valence-electron chi connectivity index (χ3n) is 5.51. The zero-order valence-electron chi connectivity index (χ0n) is 16.6. The first-order valence-electron chi connectivity index (χ1n) is 10.1. The number of carbonyl (C=O) groups excluding carboxylic acids is 1. The SMILES string of the molecule is CC(C)(C)c1ccc(CC(=O)CCCCC2CCCCC2)cc1[N+](=O)[O-]. The maximum Gasteiger partial charge on any atom is 0.273 e. The molecule has 144 valence electrons. The Hall–Kier alpha value is -1.71. The Morgan fingerprint density at radius 2 is 1.85 bits per heavy atom. The van der Waals surface area contributed by atoms with Crippen LogP contribution in [0.1, 0.15) is 89.7 Å². The number of nitro groups is 1. The summed E-state index contributed by atoms with van der Waals surface area (Å²) in [4.78, 5) is 23.3. The van der Waals surface area contributed by atoms with Gasteiger partial charge in [-0.3, -0.25) is 14.9 Å². The Morgan fingerprint density at radius 1 is 1.15 bits per heavy atom. The van der Waals surface area contributed by atoms with E-state index in [1.165, 1.54) is 38.5 Å². The van der Waals surface area contributed by atoms with Crippen molar-refractivity contribution in [2.75, 3.05) is 0 Å². The largest absolute Gasteiger partial charge is 0.299 e. The molecule has 4 nitrogen and oxygen atoms in total. The van der Waals surface area contributed by atoms with Gasteiger partial charge in [-0.15, -0.1) is 0 Å². The normalized spacial score (nSPS) is 15.8. The zero-order valence-corrected chi connectivity index (χ0v) is 16.6. The molecule has 2 rings (SSSR count). The maximum atomic E-state index is 12.3. The Labute approximate surface area is 157 Å². The number of ketones is 1. The van der Waals surface area contributed by atoms with E-state index in [0.29, 0.717) is 18.4 Å². The highest BCUT2D eigenvalue weighted by molar-refractivity contribution is 5.81. The molecular formula is C22H33NO3. The van der Waals surface area contributed by atoms with Crippen molar-refractivity contribution in [3.63, 3.8) is 0 Å². The minimum absolute atomic E-state index is 0.125. The van der Waals surface area contributed by atoms with Crippen molar-refractivity contribution < 1.29 is 9.72 Å². The number of nitrogens with zero attached hydrogens (tertiary/aromatic N) is 1. The summed E-state index contributed by atoms with van der Waals surface area (Å²) in [6, 6.07) is 5.26. The average molecular weight is 360 g/mol. The minimum Gasteiger partial charge on any atom is -0.299 e. The average Bonchev–Trinajstić information content (AvgIpc) is 2.58. The van der Waals surface area contributed by atoms with Gasteiger partial charge < -0.3 is 0 Å². The van der Waals surface area contributed by atoms with Crippen molar-refractivity contribution in [2.24, 2.45) is 5.92 Å². The first-order chi connectivity index (χ1) is 12.3. The second kappa shape index (κ2) is 9.29. The van der Waals surface area contributed by atoms with Gasteiger partial charge in [-0.2, -0.15) is 0 Å². The summed E-state index contributed by atoms with van der Waals surface area (Å²) in [7, 11) is 0. The molecule has 4 heteroatoms. The van der Waals surface area contributed by atoms with E-state index in [1.54, 1.807) is 6.07 Å². The van der Waals surface area contributed by atoms with Crippen LogP contribution in [0.15, 0.2) is 18.2 Å². The number of benzene rings is 1. The standard InChI is InChI=1S/C22H33NO3/c1-22(2,3)20-14-13-18(16-21(20)23(25)26)15-19(24)12-8-7-11-17-9-5-4-6-10-17/h13-14,16-17H,4-12,15H2,1-3H3. The fraction of sp³-hybridized carbons (Fsp3) is 0.682. The highest BCUT2D eigenvalue weighted by Gasteiger charge is 2.25. The Bertz CT molecular complexity index is 625. The molecule has 1 aromatic rings. The molecule has 0 heterocycles. The van der Waals surface area contributed by atoms with Crippen LogP contribution in [0.4, 0.5) is 5.69 Å². The molecule has 1 fully saturated rings. The van der Waals surface area contributed by atoms with Crippen molar-refractivity contribution >= 4 is 11.5 Å². The summed E-state index contributed by atoms with van der Waals surface area (Å²) in [6.45, 7) is 5.89. The lowest BCUT2D eigenvalue weighted by Crippen LogP contribution is -2.14. The molecule has 1 aromatic carbocycles. The van der Waals surface area contributed by atoms with E-state index < -0.39 is 0 Å². The van der Waals surface area contributed by atoms with Crippen LogP contribution in [0.2, 0.25) is 0 Å². The zero-order chi connectivity index (χ0) is 19.2. The number of carbonyl (C=O) groups is 1. The molecule has 0 radical (unpaired) electrons. The number of rotatable bonds is 8. The summed E-state index contributed by atoms with van der Waals surface area (Å²) >= 11 is 0. The number of hydrogen-bond acceptors (Lipinski definition) is 3. The Balaban J connectivity index is 1.84. The summed E-state index contributed by atoms with van der Waals surface area (Å²) in [5, 5.41) is 11.4. The highest BCUT2D eigenvalue weighted by Crippen LogP contribution is 2.32. The highest BCUT2D eigenvalue weighted by atomic mass is 16.6. The lowest BCUT2D eigenvalue weighted by molar-refractivity contribution is -0.386. The van der Waals surface area contributed by atoms with Crippen LogP contribution in [0.3, 0.4) is 0 Å². The molecule has 0 amide bonds. The first-order valence-corrected chi connectivity index (χ1v) is 10.1. The summed E-state index contributed by atoms with van der Waals surface area (Å²) < 4.78 is 0. The molecule has 0 unspecified atom stereocenters. The third-order valence-corrected chi connectivity index (χ3v) is 5.51. The maximum absolute atomic E-state index is 12.3. The van der Waals surface area contributed by atoms with Gasteiger partial charge in [0, 0.05) is 24.5 Å². The van der Waals surface area contributed by atoms with Crippen molar-refractivity contribution in [3.8, 4) is 0 Å². The fourth-order valence-electron chi connectivity index (χ4n) is 4.02. The predicted octanol–water partition coefficient (Wildman–Crippen LogP) is 6.14. The third kappa shape index (κ3) is 6.22. The van der Waals surface area contributed by atoms with E-state index in [-0.39, 0.29) is 21.8 Å². The molecule has 0 atom stereocenters. The van der Waals surface area contributed by atoms with Gasteiger partial charge in [0.25, 0.3) is 5.69 Å². The predicted molar refractivity (Wildman–Crippen MR) is 106 cm³/mol. The lowest BCUT2D eigenvalue weighted by Gasteiger charge is -2.21. The Kier molecular flexibility index (Phi) is 7.36. The molecule has 0 saturated heterocycles. The van der Waals surface area contributed by atoms with Crippen molar-refractivity contribution in [2.45, 2.75) is 90.4 Å². The minimum atomic E-state index is -0.335. The molecule has 26 heavy (non-hydrogen) atoms. The van der Waals surface area contributed by atoms with Gasteiger partial charge >= 0.3 is 0 Å². The molecule has 0 bridgehead atoms. The van der Waals surface area contributed by atoms with E-state index in [2.05, 4.69) is 0 Å². The van der Waals surface area contributed by atoms with Crippen LogP contribution in [-0.4, -0.2) is 10.7 Å². The van der Waals surface area contributed by atoms with Crippen LogP contribution >= 0.6 is 0 Å². The van der Waals surface area contributed by atoms with Gasteiger partial charge in [-0.1, -0.05) is 77.8 Å². The summed E-state index contributed by atoms with van der Waals surface area (Å²) in [6.07, 6.45) is 11.0. The molecule has 1 aliphatic rings. The molecule has 0 N–H and O–H groups in total. The number of hydrogen-bond donors (Lipinski definition) is 0. The van der Waals surface area contributed by atoms with E-state index in [9.17, 15) is 14.9 Å². The quantitative estimate of drug-likeness (QED) is 0.318. The van der Waals surface area contributed by atoms with Crippen LogP contribution in [-0.2, 0) is 16.6 Å². The molecule has 1 saturated carbocycles. The molecule has 1 aliphatic carbocycles. The van der Waals surface area contributed by atoms with Gasteiger partial charge in [-0.25, -0.2) is 0 Å². The number of unbranched alkanes of at least 4 members (excludes halogenated alkanes) is 1. The second-order valence-corrected chi connectivity index (χ2v) is 8.82. The second-order valence-electron chi connectivity index (χ2n) is 8.82. The monoisotopic (exact) mass is 359 g/mol. The van der Waals surface area contributed by atoms with Gasteiger partial charge in [-0.05, 0) is 23.3 Å². The van der Waals surface area contributed by atoms with Crippen molar-refractivity contribution in [1.82, 2.24) is 0 Å². The van der Waals surface area contributed by atoms with E-state index in [4.69, 9.17) is 0 Å². The Morgan fingerprint density at radius 3 is 2.46 bits per heavy atom. The van der Waals surface area contributed by atoms with Gasteiger partial charge in [0.1, 0.15) is 5.78 Å². The smallest absolute Gasteiger partial charge is 0.273 e. The van der Waals surface area contributed by atoms with E-state index >= 15 is 0 Å². The van der Waals surface area contributed by atoms with Gasteiger partial charge in [0.2, 0.25) is 0 Å². The summed E-state index contributed by atoms with van der Waals surface area (Å²) in [5.74, 6) is 1.05.